The van der Waals surface area contributed by atoms with Crippen molar-refractivity contribution in [2.45, 2.75) is 40.2 Å². The first-order valence-electron chi connectivity index (χ1n) is 6.18. The lowest BCUT2D eigenvalue weighted by Gasteiger charge is -2.33. The van der Waals surface area contributed by atoms with Gasteiger partial charge in [0.15, 0.2) is 0 Å². The molecule has 0 radical (unpaired) electrons. The van der Waals surface area contributed by atoms with E-state index in [-0.39, 0.29) is 5.97 Å². The normalized spacial score (nSPS) is 14.9. The number of carbonyl (C=O) groups excluding carboxylic acids is 1. The lowest BCUT2D eigenvalue weighted by atomic mass is 10.0. The van der Waals surface area contributed by atoms with Crippen LogP contribution in [-0.2, 0) is 9.53 Å². The Hall–Kier alpha value is -0.610. The van der Waals surface area contributed by atoms with Crippen molar-refractivity contribution in [3.8, 4) is 0 Å². The summed E-state index contributed by atoms with van der Waals surface area (Å²) in [4.78, 5) is 14.1. The van der Waals surface area contributed by atoms with E-state index >= 15 is 0 Å². The Balaban J connectivity index is 4.59. The van der Waals surface area contributed by atoms with Gasteiger partial charge in [-0.15, -0.1) is 0 Å². The molecule has 4 nitrogen and oxygen atoms in total. The smallest absolute Gasteiger partial charge is 0.327 e. The summed E-state index contributed by atoms with van der Waals surface area (Å²) in [5.74, 6) is -0.163. The molecule has 0 spiro atoms. The SMILES string of the molecule is CCNC(C)(CN(CC)CC)C(=O)OCC. The Bertz CT molecular complexity index is 205. The highest BCUT2D eigenvalue weighted by molar-refractivity contribution is 5.80. The van der Waals surface area contributed by atoms with E-state index in [0.29, 0.717) is 13.2 Å². The van der Waals surface area contributed by atoms with Crippen molar-refractivity contribution in [2.75, 3.05) is 32.8 Å². The second-order valence-corrected chi connectivity index (χ2v) is 4.04. The van der Waals surface area contributed by atoms with Crippen LogP contribution in [0.15, 0.2) is 0 Å². The molecular weight excluding hydrogens is 204 g/mol. The predicted molar refractivity (Wildman–Crippen MR) is 66.5 cm³/mol. The molecule has 0 aromatic carbocycles. The van der Waals surface area contributed by atoms with Gasteiger partial charge in [0.2, 0.25) is 0 Å². The van der Waals surface area contributed by atoms with Gasteiger partial charge in [-0.3, -0.25) is 4.79 Å². The van der Waals surface area contributed by atoms with E-state index in [9.17, 15) is 4.79 Å². The van der Waals surface area contributed by atoms with Crippen molar-refractivity contribution in [1.82, 2.24) is 10.2 Å². The molecule has 1 N–H and O–H groups in total. The zero-order valence-electron chi connectivity index (χ0n) is 11.3. The van der Waals surface area contributed by atoms with Crippen molar-refractivity contribution in [3.63, 3.8) is 0 Å². The van der Waals surface area contributed by atoms with Gasteiger partial charge in [0.05, 0.1) is 6.61 Å². The van der Waals surface area contributed by atoms with Crippen LogP contribution in [0.1, 0.15) is 34.6 Å². The summed E-state index contributed by atoms with van der Waals surface area (Å²) in [6, 6.07) is 0. The Kier molecular flexibility index (Phi) is 7.34. The molecule has 0 aliphatic carbocycles. The molecule has 0 aliphatic heterocycles. The highest BCUT2D eigenvalue weighted by Gasteiger charge is 2.35. The molecule has 0 saturated heterocycles. The quantitative estimate of drug-likeness (QED) is 0.637. The molecule has 4 heteroatoms. The van der Waals surface area contributed by atoms with Crippen LogP contribution in [0.5, 0.6) is 0 Å². The number of rotatable bonds is 8. The van der Waals surface area contributed by atoms with Crippen LogP contribution < -0.4 is 5.32 Å². The van der Waals surface area contributed by atoms with Crippen molar-refractivity contribution in [1.29, 1.82) is 0 Å². The largest absolute Gasteiger partial charge is 0.465 e. The minimum absolute atomic E-state index is 0.163. The molecular formula is C12H26N2O2. The van der Waals surface area contributed by atoms with Gasteiger partial charge < -0.3 is 15.0 Å². The van der Waals surface area contributed by atoms with Crippen molar-refractivity contribution in [2.24, 2.45) is 0 Å². The summed E-state index contributed by atoms with van der Waals surface area (Å²) in [5.41, 5.74) is -0.600. The first kappa shape index (κ1) is 15.4. The molecule has 0 fully saturated rings. The standard InChI is InChI=1S/C12H26N2O2/c1-6-13-12(5,11(15)16-9-4)10-14(7-2)8-3/h13H,6-10H2,1-5H3. The van der Waals surface area contributed by atoms with E-state index in [2.05, 4.69) is 24.1 Å². The van der Waals surface area contributed by atoms with Gasteiger partial charge in [0.1, 0.15) is 5.54 Å². The summed E-state index contributed by atoms with van der Waals surface area (Å²) >= 11 is 0. The van der Waals surface area contributed by atoms with Gasteiger partial charge in [-0.1, -0.05) is 20.8 Å². The number of hydrogen-bond acceptors (Lipinski definition) is 4. The van der Waals surface area contributed by atoms with E-state index in [1.807, 2.05) is 20.8 Å². The van der Waals surface area contributed by atoms with E-state index in [1.54, 1.807) is 0 Å². The zero-order valence-corrected chi connectivity index (χ0v) is 11.3. The fraction of sp³-hybridized carbons (Fsp3) is 0.917. The third-order valence-electron chi connectivity index (χ3n) is 2.73. The summed E-state index contributed by atoms with van der Waals surface area (Å²) in [5, 5.41) is 3.23. The lowest BCUT2D eigenvalue weighted by molar-refractivity contribution is -0.151. The van der Waals surface area contributed by atoms with Crippen LogP contribution in [-0.4, -0.2) is 49.2 Å². The molecule has 16 heavy (non-hydrogen) atoms. The van der Waals surface area contributed by atoms with Crippen LogP contribution >= 0.6 is 0 Å². The number of ether oxygens (including phenoxy) is 1. The van der Waals surface area contributed by atoms with Crippen LogP contribution in [0, 0.1) is 0 Å². The molecule has 0 bridgehead atoms. The maximum atomic E-state index is 11.9. The van der Waals surface area contributed by atoms with Crippen molar-refractivity contribution >= 4 is 5.97 Å². The van der Waals surface area contributed by atoms with E-state index < -0.39 is 5.54 Å². The molecule has 0 heterocycles. The average molecular weight is 230 g/mol. The third kappa shape index (κ3) is 4.49. The van der Waals surface area contributed by atoms with Gasteiger partial charge in [-0.05, 0) is 33.5 Å². The number of carbonyl (C=O) groups is 1. The number of nitrogens with one attached hydrogen (secondary N) is 1. The van der Waals surface area contributed by atoms with Crippen molar-refractivity contribution < 1.29 is 9.53 Å². The monoisotopic (exact) mass is 230 g/mol. The van der Waals surface area contributed by atoms with Gasteiger partial charge >= 0.3 is 5.97 Å². The zero-order chi connectivity index (χ0) is 12.6. The second-order valence-electron chi connectivity index (χ2n) is 4.04. The maximum absolute atomic E-state index is 11.9. The molecule has 0 aliphatic rings. The topological polar surface area (TPSA) is 41.6 Å². The van der Waals surface area contributed by atoms with Crippen molar-refractivity contribution in [3.05, 3.63) is 0 Å². The van der Waals surface area contributed by atoms with E-state index in [4.69, 9.17) is 4.74 Å². The van der Waals surface area contributed by atoms with Crippen LogP contribution in [0.3, 0.4) is 0 Å². The fourth-order valence-corrected chi connectivity index (χ4v) is 1.77. The van der Waals surface area contributed by atoms with Gasteiger partial charge in [-0.2, -0.15) is 0 Å². The number of hydrogen-bond donors (Lipinski definition) is 1. The first-order valence-corrected chi connectivity index (χ1v) is 6.18. The molecule has 0 aromatic rings. The highest BCUT2D eigenvalue weighted by atomic mass is 16.5. The van der Waals surface area contributed by atoms with Crippen LogP contribution in [0.2, 0.25) is 0 Å². The summed E-state index contributed by atoms with van der Waals surface area (Å²) in [7, 11) is 0. The minimum atomic E-state index is -0.600. The molecule has 0 aromatic heterocycles. The summed E-state index contributed by atoms with van der Waals surface area (Å²) < 4.78 is 5.12. The molecule has 1 unspecified atom stereocenters. The number of esters is 1. The number of likely N-dealkylation sites (N-methyl/N-ethyl adjacent to an activating group) is 2. The Morgan fingerprint density at radius 2 is 1.81 bits per heavy atom. The molecule has 1 atom stereocenters. The average Bonchev–Trinajstić information content (AvgIpc) is 2.26. The summed E-state index contributed by atoms with van der Waals surface area (Å²) in [6.45, 7) is 13.7. The molecule has 0 amide bonds. The lowest BCUT2D eigenvalue weighted by Crippen LogP contribution is -2.57. The predicted octanol–water partition coefficient (Wildman–Crippen LogP) is 1.26. The van der Waals surface area contributed by atoms with E-state index in [0.717, 1.165) is 19.6 Å². The maximum Gasteiger partial charge on any atom is 0.327 e. The molecule has 0 saturated carbocycles. The minimum Gasteiger partial charge on any atom is -0.465 e. The Morgan fingerprint density at radius 3 is 2.19 bits per heavy atom. The molecule has 0 rings (SSSR count). The second kappa shape index (κ2) is 7.63. The fourth-order valence-electron chi connectivity index (χ4n) is 1.77. The van der Waals surface area contributed by atoms with Gasteiger partial charge in [0, 0.05) is 6.54 Å². The Labute approximate surface area is 99.3 Å². The first-order chi connectivity index (χ1) is 7.53. The molecule has 96 valence electrons. The highest BCUT2D eigenvalue weighted by Crippen LogP contribution is 2.09. The third-order valence-corrected chi connectivity index (χ3v) is 2.73. The van der Waals surface area contributed by atoms with Crippen LogP contribution in [0.4, 0.5) is 0 Å². The van der Waals surface area contributed by atoms with Gasteiger partial charge in [-0.25, -0.2) is 0 Å². The van der Waals surface area contributed by atoms with Gasteiger partial charge in [0.25, 0.3) is 0 Å². The van der Waals surface area contributed by atoms with E-state index in [1.165, 1.54) is 0 Å². The summed E-state index contributed by atoms with van der Waals surface area (Å²) in [6.07, 6.45) is 0. The Morgan fingerprint density at radius 1 is 1.25 bits per heavy atom. The van der Waals surface area contributed by atoms with Crippen LogP contribution in [0.25, 0.3) is 0 Å². The number of nitrogens with zero attached hydrogens (tertiary/aromatic N) is 1.